The van der Waals surface area contributed by atoms with Gasteiger partial charge in [-0.05, 0) is 37.0 Å². The number of carbonyl (C=O) groups is 2. The number of nitrogens with one attached hydrogen (secondary N) is 1. The maximum absolute atomic E-state index is 12.5. The van der Waals surface area contributed by atoms with E-state index in [1.807, 2.05) is 19.1 Å². The van der Waals surface area contributed by atoms with Crippen LogP contribution in [-0.4, -0.2) is 32.8 Å². The van der Waals surface area contributed by atoms with Gasteiger partial charge < -0.3 is 4.74 Å². The Morgan fingerprint density at radius 2 is 1.55 bits per heavy atom. The van der Waals surface area contributed by atoms with E-state index in [0.717, 1.165) is 11.1 Å². The van der Waals surface area contributed by atoms with Gasteiger partial charge >= 0.3 is 5.97 Å². The van der Waals surface area contributed by atoms with Crippen molar-refractivity contribution in [1.82, 2.24) is 4.72 Å². The Kier molecular flexibility index (Phi) is 6.97. The van der Waals surface area contributed by atoms with Crippen LogP contribution in [0.2, 0.25) is 0 Å². The number of esters is 1. The highest BCUT2D eigenvalue weighted by atomic mass is 32.2. The second-order valence-corrected chi connectivity index (χ2v) is 9.73. The average Bonchev–Trinajstić information content (AvgIpc) is 2.65. The Hall–Kier alpha value is -2.51. The molecule has 0 aliphatic heterocycles. The fourth-order valence-corrected chi connectivity index (χ4v) is 3.59. The first-order chi connectivity index (χ1) is 13.4. The summed E-state index contributed by atoms with van der Waals surface area (Å²) in [6, 6.07) is 13.4. The van der Waals surface area contributed by atoms with Crippen molar-refractivity contribution in [2.24, 2.45) is 0 Å². The molecule has 0 amide bonds. The van der Waals surface area contributed by atoms with Gasteiger partial charge in [0.1, 0.15) is 6.54 Å². The molecule has 0 aromatic heterocycles. The molecule has 156 valence electrons. The van der Waals surface area contributed by atoms with Crippen molar-refractivity contribution in [1.29, 1.82) is 0 Å². The molecule has 29 heavy (non-hydrogen) atoms. The normalized spacial score (nSPS) is 13.0. The molecule has 0 unspecified atom stereocenters. The molecule has 7 heteroatoms. The van der Waals surface area contributed by atoms with Gasteiger partial charge in [0.15, 0.2) is 6.10 Å². The van der Waals surface area contributed by atoms with Gasteiger partial charge in [-0.3, -0.25) is 9.59 Å². The molecule has 0 radical (unpaired) electrons. The number of ketones is 1. The zero-order valence-electron chi connectivity index (χ0n) is 17.4. The number of sulfonamides is 1. The lowest BCUT2D eigenvalue weighted by Gasteiger charge is -2.19. The summed E-state index contributed by atoms with van der Waals surface area (Å²) >= 11 is 0. The van der Waals surface area contributed by atoms with E-state index in [0.29, 0.717) is 5.56 Å². The molecule has 0 saturated heterocycles. The van der Waals surface area contributed by atoms with Crippen LogP contribution >= 0.6 is 0 Å². The third kappa shape index (κ3) is 6.24. The van der Waals surface area contributed by atoms with Gasteiger partial charge in [-0.2, -0.15) is 4.72 Å². The summed E-state index contributed by atoms with van der Waals surface area (Å²) in [5, 5.41) is 0. The zero-order chi connectivity index (χ0) is 21.8. The predicted molar refractivity (Wildman–Crippen MR) is 111 cm³/mol. The first-order valence-electron chi connectivity index (χ1n) is 9.31. The molecule has 0 saturated carbocycles. The number of rotatable bonds is 7. The minimum Gasteiger partial charge on any atom is -0.453 e. The highest BCUT2D eigenvalue weighted by molar-refractivity contribution is 7.89. The summed E-state index contributed by atoms with van der Waals surface area (Å²) in [6.45, 7) is 8.98. The molecule has 2 aromatic carbocycles. The van der Waals surface area contributed by atoms with Gasteiger partial charge in [-0.25, -0.2) is 8.42 Å². The van der Waals surface area contributed by atoms with Crippen molar-refractivity contribution in [3.8, 4) is 0 Å². The van der Waals surface area contributed by atoms with Crippen molar-refractivity contribution >= 4 is 21.8 Å². The quantitative estimate of drug-likeness (QED) is 0.551. The van der Waals surface area contributed by atoms with E-state index < -0.39 is 28.6 Å². The van der Waals surface area contributed by atoms with Crippen LogP contribution in [0.15, 0.2) is 53.4 Å². The number of hydrogen-bond acceptors (Lipinski definition) is 5. The van der Waals surface area contributed by atoms with Gasteiger partial charge in [-0.15, -0.1) is 0 Å². The number of benzene rings is 2. The lowest BCUT2D eigenvalue weighted by Crippen LogP contribution is -2.34. The molecule has 0 bridgehead atoms. The van der Waals surface area contributed by atoms with E-state index in [1.165, 1.54) is 19.1 Å². The second-order valence-electron chi connectivity index (χ2n) is 7.96. The summed E-state index contributed by atoms with van der Waals surface area (Å²) < 4.78 is 31.7. The monoisotopic (exact) mass is 417 g/mol. The Morgan fingerprint density at radius 1 is 1.00 bits per heavy atom. The number of aryl methyl sites for hydroxylation is 1. The number of carbonyl (C=O) groups excluding carboxylic acids is 2. The van der Waals surface area contributed by atoms with Crippen LogP contribution in [0.5, 0.6) is 0 Å². The minimum absolute atomic E-state index is 0.0335. The van der Waals surface area contributed by atoms with E-state index in [-0.39, 0.29) is 16.1 Å². The number of Topliss-reactive ketones (excluding diaryl/α,β-unsaturated/α-hetero) is 1. The number of ether oxygens (including phenoxy) is 1. The predicted octanol–water partition coefficient (Wildman–Crippen LogP) is 3.39. The van der Waals surface area contributed by atoms with E-state index in [4.69, 9.17) is 4.74 Å². The van der Waals surface area contributed by atoms with Crippen LogP contribution in [0, 0.1) is 6.92 Å². The first-order valence-corrected chi connectivity index (χ1v) is 10.8. The van der Waals surface area contributed by atoms with Crippen molar-refractivity contribution in [3.63, 3.8) is 0 Å². The van der Waals surface area contributed by atoms with Crippen molar-refractivity contribution < 1.29 is 22.7 Å². The molecule has 0 spiro atoms. The molecule has 2 rings (SSSR count). The SMILES string of the molecule is Cc1ccc(S(=O)(=O)NCC(=O)O[C@H](C)C(=O)c2ccc(C(C)(C)C)cc2)cc1. The van der Waals surface area contributed by atoms with Gasteiger partial charge in [0.25, 0.3) is 0 Å². The maximum atomic E-state index is 12.5. The smallest absolute Gasteiger partial charge is 0.321 e. The van der Waals surface area contributed by atoms with Gasteiger partial charge in [0.05, 0.1) is 4.90 Å². The van der Waals surface area contributed by atoms with Crippen LogP contribution in [0.25, 0.3) is 0 Å². The third-order valence-corrected chi connectivity index (χ3v) is 5.87. The number of hydrogen-bond donors (Lipinski definition) is 1. The van der Waals surface area contributed by atoms with Gasteiger partial charge in [0.2, 0.25) is 15.8 Å². The molecule has 1 N–H and O–H groups in total. The molecule has 0 aliphatic rings. The van der Waals surface area contributed by atoms with Gasteiger partial charge in [0, 0.05) is 5.56 Å². The molecule has 6 nitrogen and oxygen atoms in total. The van der Waals surface area contributed by atoms with Crippen LogP contribution in [0.4, 0.5) is 0 Å². The Balaban J connectivity index is 1.94. The third-order valence-electron chi connectivity index (χ3n) is 4.45. The highest BCUT2D eigenvalue weighted by Gasteiger charge is 2.22. The topological polar surface area (TPSA) is 89.5 Å². The molecular formula is C22H27NO5S. The molecule has 0 heterocycles. The molecule has 1 atom stereocenters. The minimum atomic E-state index is -3.83. The van der Waals surface area contributed by atoms with E-state index >= 15 is 0 Å². The molecule has 2 aromatic rings. The fourth-order valence-electron chi connectivity index (χ4n) is 2.62. The lowest BCUT2D eigenvalue weighted by molar-refractivity contribution is -0.144. The van der Waals surface area contributed by atoms with Crippen molar-refractivity contribution in [3.05, 3.63) is 65.2 Å². The molecular weight excluding hydrogens is 390 g/mol. The summed E-state index contributed by atoms with van der Waals surface area (Å²) in [5.74, 6) is -1.17. The van der Waals surface area contributed by atoms with Crippen molar-refractivity contribution in [2.45, 2.75) is 51.0 Å². The largest absolute Gasteiger partial charge is 0.453 e. The summed E-state index contributed by atoms with van der Waals surface area (Å²) in [4.78, 5) is 24.5. The summed E-state index contributed by atoms with van der Waals surface area (Å²) in [7, 11) is -3.83. The maximum Gasteiger partial charge on any atom is 0.321 e. The van der Waals surface area contributed by atoms with Crippen LogP contribution in [0.1, 0.15) is 49.2 Å². The summed E-state index contributed by atoms with van der Waals surface area (Å²) in [6.07, 6.45) is -1.02. The van der Waals surface area contributed by atoms with Crippen LogP contribution < -0.4 is 4.72 Å². The van der Waals surface area contributed by atoms with E-state index in [2.05, 4.69) is 25.5 Å². The van der Waals surface area contributed by atoms with E-state index in [9.17, 15) is 18.0 Å². The fraction of sp³-hybridized carbons (Fsp3) is 0.364. The van der Waals surface area contributed by atoms with Crippen molar-refractivity contribution in [2.75, 3.05) is 6.54 Å². The Bertz CT molecular complexity index is 971. The summed E-state index contributed by atoms with van der Waals surface area (Å²) in [5.41, 5.74) is 2.41. The van der Waals surface area contributed by atoms with E-state index in [1.54, 1.807) is 24.3 Å². The molecule has 0 fully saturated rings. The Labute approximate surface area is 172 Å². The van der Waals surface area contributed by atoms with Gasteiger partial charge in [-0.1, -0.05) is 62.7 Å². The standard InChI is InChI=1S/C22H27NO5S/c1-15-6-12-19(13-7-15)29(26,27)23-14-20(24)28-16(2)21(25)17-8-10-18(11-9-17)22(3,4)5/h6-13,16,23H,14H2,1-5H3/t16-/m1/s1. The second kappa shape index (κ2) is 8.88. The Morgan fingerprint density at radius 3 is 2.07 bits per heavy atom. The highest BCUT2D eigenvalue weighted by Crippen LogP contribution is 2.22. The molecule has 0 aliphatic carbocycles. The zero-order valence-corrected chi connectivity index (χ0v) is 18.2. The average molecular weight is 418 g/mol. The van der Waals surface area contributed by atoms with Crippen LogP contribution in [0.3, 0.4) is 0 Å². The lowest BCUT2D eigenvalue weighted by atomic mass is 9.86. The van der Waals surface area contributed by atoms with Crippen LogP contribution in [-0.2, 0) is 25.0 Å². The first kappa shape index (κ1) is 22.8.